The smallest absolute Gasteiger partial charge is 0.229 e. The fraction of sp³-hybridized carbons (Fsp3) is 0.462. The first-order valence-corrected chi connectivity index (χ1v) is 5.51. The summed E-state index contributed by atoms with van der Waals surface area (Å²) in [5.74, 6) is -0.326. The molecule has 0 heterocycles. The van der Waals surface area contributed by atoms with E-state index < -0.39 is 0 Å². The molecule has 0 aromatic heterocycles. The third-order valence-corrected chi connectivity index (χ3v) is 2.90. The van der Waals surface area contributed by atoms with Gasteiger partial charge in [-0.2, -0.15) is 0 Å². The predicted octanol–water partition coefficient (Wildman–Crippen LogP) is 3.14. The molecule has 3 heteroatoms. The molecule has 0 N–H and O–H groups in total. The third kappa shape index (κ3) is 2.60. The highest BCUT2D eigenvalue weighted by atomic mass is 19.1. The fourth-order valence-electron chi connectivity index (χ4n) is 1.57. The van der Waals surface area contributed by atoms with Gasteiger partial charge in [-0.3, -0.25) is 4.79 Å². The van der Waals surface area contributed by atoms with Crippen molar-refractivity contribution in [1.29, 1.82) is 0 Å². The lowest BCUT2D eigenvalue weighted by molar-refractivity contribution is -0.121. The van der Waals surface area contributed by atoms with E-state index in [1.54, 1.807) is 13.1 Å². The standard InChI is InChI=1S/C13H18FNO/c1-5-9(2)13(16)15(4)12-8-11(14)7-6-10(12)3/h6-9H,5H2,1-4H3. The zero-order chi connectivity index (χ0) is 12.3. The van der Waals surface area contributed by atoms with Crippen molar-refractivity contribution in [3.05, 3.63) is 29.6 Å². The van der Waals surface area contributed by atoms with Crippen LogP contribution in [0.1, 0.15) is 25.8 Å². The first-order valence-electron chi connectivity index (χ1n) is 5.51. The van der Waals surface area contributed by atoms with E-state index in [4.69, 9.17) is 0 Å². The Morgan fingerprint density at radius 3 is 2.69 bits per heavy atom. The summed E-state index contributed by atoms with van der Waals surface area (Å²) in [6.07, 6.45) is 0.789. The first-order chi connectivity index (χ1) is 7.47. The van der Waals surface area contributed by atoms with Gasteiger partial charge in [0, 0.05) is 18.7 Å². The van der Waals surface area contributed by atoms with Crippen molar-refractivity contribution in [3.8, 4) is 0 Å². The summed E-state index contributed by atoms with van der Waals surface area (Å²) >= 11 is 0. The second-order valence-electron chi connectivity index (χ2n) is 4.14. The number of carbonyl (C=O) groups excluding carboxylic acids is 1. The van der Waals surface area contributed by atoms with Gasteiger partial charge < -0.3 is 4.90 Å². The van der Waals surface area contributed by atoms with Gasteiger partial charge in [0.15, 0.2) is 0 Å². The van der Waals surface area contributed by atoms with E-state index in [0.29, 0.717) is 5.69 Å². The van der Waals surface area contributed by atoms with Crippen LogP contribution in [0.25, 0.3) is 0 Å². The van der Waals surface area contributed by atoms with Gasteiger partial charge in [-0.1, -0.05) is 19.9 Å². The number of hydrogen-bond donors (Lipinski definition) is 0. The van der Waals surface area contributed by atoms with Crippen LogP contribution in [0.3, 0.4) is 0 Å². The molecule has 1 aromatic carbocycles. The van der Waals surface area contributed by atoms with Crippen molar-refractivity contribution in [3.63, 3.8) is 0 Å². The van der Waals surface area contributed by atoms with Crippen LogP contribution in [0.5, 0.6) is 0 Å². The Labute approximate surface area is 96.1 Å². The second-order valence-corrected chi connectivity index (χ2v) is 4.14. The van der Waals surface area contributed by atoms with Gasteiger partial charge in [0.25, 0.3) is 0 Å². The molecule has 1 unspecified atom stereocenters. The molecule has 0 saturated carbocycles. The number of anilines is 1. The minimum atomic E-state index is -0.315. The van der Waals surface area contributed by atoms with Crippen LogP contribution in [0.15, 0.2) is 18.2 Å². The van der Waals surface area contributed by atoms with Gasteiger partial charge in [0.05, 0.1) is 0 Å². The van der Waals surface area contributed by atoms with Crippen LogP contribution in [-0.4, -0.2) is 13.0 Å². The predicted molar refractivity (Wildman–Crippen MR) is 64.0 cm³/mol. The van der Waals surface area contributed by atoms with Crippen molar-refractivity contribution < 1.29 is 9.18 Å². The van der Waals surface area contributed by atoms with Crippen molar-refractivity contribution >= 4 is 11.6 Å². The maximum atomic E-state index is 13.1. The molecule has 1 atom stereocenters. The van der Waals surface area contributed by atoms with Crippen LogP contribution in [0.4, 0.5) is 10.1 Å². The Bertz CT molecular complexity index is 390. The maximum Gasteiger partial charge on any atom is 0.229 e. The molecule has 0 spiro atoms. The van der Waals surface area contributed by atoms with Crippen molar-refractivity contribution in [2.24, 2.45) is 5.92 Å². The van der Waals surface area contributed by atoms with E-state index in [1.807, 2.05) is 20.8 Å². The van der Waals surface area contributed by atoms with Gasteiger partial charge >= 0.3 is 0 Å². The maximum absolute atomic E-state index is 13.1. The van der Waals surface area contributed by atoms with Crippen LogP contribution in [0, 0.1) is 18.7 Å². The molecular formula is C13H18FNO. The number of benzene rings is 1. The molecule has 0 fully saturated rings. The highest BCUT2D eigenvalue weighted by Crippen LogP contribution is 2.22. The zero-order valence-electron chi connectivity index (χ0n) is 10.2. The summed E-state index contributed by atoms with van der Waals surface area (Å²) in [6, 6.07) is 4.49. The summed E-state index contributed by atoms with van der Waals surface area (Å²) in [6.45, 7) is 5.72. The quantitative estimate of drug-likeness (QED) is 0.770. The summed E-state index contributed by atoms with van der Waals surface area (Å²) in [5.41, 5.74) is 1.55. The summed E-state index contributed by atoms with van der Waals surface area (Å²) in [4.78, 5) is 13.5. The normalized spacial score (nSPS) is 12.3. The Balaban J connectivity index is 3.00. The Hall–Kier alpha value is -1.38. The van der Waals surface area contributed by atoms with E-state index in [1.165, 1.54) is 17.0 Å². The molecule has 1 aromatic rings. The van der Waals surface area contributed by atoms with E-state index in [0.717, 1.165) is 12.0 Å². The van der Waals surface area contributed by atoms with Crippen LogP contribution < -0.4 is 4.90 Å². The van der Waals surface area contributed by atoms with Gasteiger partial charge in [0.2, 0.25) is 5.91 Å². The molecule has 0 aliphatic heterocycles. The Kier molecular flexibility index (Phi) is 4.05. The number of carbonyl (C=O) groups is 1. The van der Waals surface area contributed by atoms with E-state index in [9.17, 15) is 9.18 Å². The topological polar surface area (TPSA) is 20.3 Å². The lowest BCUT2D eigenvalue weighted by atomic mass is 10.1. The van der Waals surface area contributed by atoms with Crippen molar-refractivity contribution in [1.82, 2.24) is 0 Å². The Morgan fingerprint density at radius 2 is 2.12 bits per heavy atom. The average molecular weight is 223 g/mol. The number of hydrogen-bond acceptors (Lipinski definition) is 1. The number of halogens is 1. The average Bonchev–Trinajstić information content (AvgIpc) is 2.29. The molecule has 16 heavy (non-hydrogen) atoms. The van der Waals surface area contributed by atoms with Crippen LogP contribution >= 0.6 is 0 Å². The van der Waals surface area contributed by atoms with Crippen LogP contribution in [0.2, 0.25) is 0 Å². The van der Waals surface area contributed by atoms with Gasteiger partial charge in [0.1, 0.15) is 5.82 Å². The molecule has 1 rings (SSSR count). The second kappa shape index (κ2) is 5.10. The highest BCUT2D eigenvalue weighted by Gasteiger charge is 2.18. The first kappa shape index (κ1) is 12.7. The van der Waals surface area contributed by atoms with E-state index in [-0.39, 0.29) is 17.6 Å². The molecule has 1 amide bonds. The van der Waals surface area contributed by atoms with E-state index >= 15 is 0 Å². The molecular weight excluding hydrogens is 205 g/mol. The molecule has 0 bridgehead atoms. The minimum Gasteiger partial charge on any atom is -0.315 e. The zero-order valence-corrected chi connectivity index (χ0v) is 10.2. The van der Waals surface area contributed by atoms with Gasteiger partial charge in [-0.15, -0.1) is 0 Å². The van der Waals surface area contributed by atoms with E-state index in [2.05, 4.69) is 0 Å². The third-order valence-electron chi connectivity index (χ3n) is 2.90. The number of amides is 1. The van der Waals surface area contributed by atoms with Crippen molar-refractivity contribution in [2.45, 2.75) is 27.2 Å². The van der Waals surface area contributed by atoms with Gasteiger partial charge in [-0.25, -0.2) is 4.39 Å². The summed E-state index contributed by atoms with van der Waals surface area (Å²) in [5, 5.41) is 0. The summed E-state index contributed by atoms with van der Waals surface area (Å²) in [7, 11) is 1.69. The van der Waals surface area contributed by atoms with Crippen molar-refractivity contribution in [2.75, 3.05) is 11.9 Å². The van der Waals surface area contributed by atoms with Gasteiger partial charge in [-0.05, 0) is 31.0 Å². The number of aryl methyl sites for hydroxylation is 1. The SMILES string of the molecule is CCC(C)C(=O)N(C)c1cc(F)ccc1C. The lowest BCUT2D eigenvalue weighted by Crippen LogP contribution is -2.31. The van der Waals surface area contributed by atoms with Crippen LogP contribution in [-0.2, 0) is 4.79 Å². The molecule has 0 radical (unpaired) electrons. The molecule has 0 aliphatic carbocycles. The fourth-order valence-corrected chi connectivity index (χ4v) is 1.57. The molecule has 88 valence electrons. The molecule has 2 nitrogen and oxygen atoms in total. The highest BCUT2D eigenvalue weighted by molar-refractivity contribution is 5.94. The summed E-state index contributed by atoms with van der Waals surface area (Å²) < 4.78 is 13.1. The number of nitrogens with zero attached hydrogens (tertiary/aromatic N) is 1. The monoisotopic (exact) mass is 223 g/mol. The molecule has 0 saturated heterocycles. The Morgan fingerprint density at radius 1 is 1.50 bits per heavy atom. The largest absolute Gasteiger partial charge is 0.315 e. The minimum absolute atomic E-state index is 0.0243. The molecule has 0 aliphatic rings. The lowest BCUT2D eigenvalue weighted by Gasteiger charge is -2.22. The number of rotatable bonds is 3.